The minimum absolute atomic E-state index is 0.167. The lowest BCUT2D eigenvalue weighted by Gasteiger charge is -2.29. The van der Waals surface area contributed by atoms with Gasteiger partial charge in [-0.15, -0.1) is 11.3 Å². The topological polar surface area (TPSA) is 79.4 Å². The van der Waals surface area contributed by atoms with Crippen LogP contribution >= 0.6 is 11.3 Å². The van der Waals surface area contributed by atoms with Gasteiger partial charge in [0.25, 0.3) is 5.91 Å². The molecule has 7 nitrogen and oxygen atoms in total. The van der Waals surface area contributed by atoms with Gasteiger partial charge in [0.1, 0.15) is 28.5 Å². The molecular weight excluding hydrogens is 491 g/mol. The molecule has 1 aliphatic carbocycles. The Bertz CT molecular complexity index is 1220. The third-order valence-corrected chi connectivity index (χ3v) is 7.35. The predicted molar refractivity (Wildman–Crippen MR) is 135 cm³/mol. The van der Waals surface area contributed by atoms with Crippen molar-refractivity contribution < 1.29 is 22.7 Å². The van der Waals surface area contributed by atoms with E-state index in [9.17, 15) is 18.0 Å². The van der Waals surface area contributed by atoms with E-state index in [1.807, 2.05) is 21.0 Å². The van der Waals surface area contributed by atoms with Gasteiger partial charge in [0.05, 0.1) is 22.1 Å². The van der Waals surface area contributed by atoms with Gasteiger partial charge in [-0.2, -0.15) is 0 Å². The van der Waals surface area contributed by atoms with Crippen molar-refractivity contribution in [2.75, 3.05) is 32.5 Å². The van der Waals surface area contributed by atoms with Crippen molar-refractivity contribution in [3.63, 3.8) is 0 Å². The molecule has 1 amide bonds. The number of benzene rings is 1. The fraction of sp³-hybridized carbons (Fsp3) is 0.480. The summed E-state index contributed by atoms with van der Waals surface area (Å²) in [6.07, 6.45) is 1.68. The van der Waals surface area contributed by atoms with Crippen LogP contribution in [-0.4, -0.2) is 60.0 Å². The Labute approximate surface area is 212 Å². The predicted octanol–water partition coefficient (Wildman–Crippen LogP) is 5.52. The second-order valence-corrected chi connectivity index (χ2v) is 10.3. The van der Waals surface area contributed by atoms with E-state index < -0.39 is 17.8 Å². The zero-order chi connectivity index (χ0) is 25.9. The standard InChI is InChI=1S/C25H30F3N5O2S/c1-15-20-22(30-14-31-24(20)36-21(15)23(34)29-11-4-12-33(2)3)32-18-6-5-16(26)13-19(18)35-17-7-9-25(27,28)10-8-17/h5-6,13-14,17H,4,7-12H2,1-3H3,(H,29,34)(H,30,31,32). The molecule has 1 aliphatic rings. The van der Waals surface area contributed by atoms with Gasteiger partial charge in [-0.1, -0.05) is 0 Å². The van der Waals surface area contributed by atoms with Crippen LogP contribution in [-0.2, 0) is 0 Å². The molecule has 3 aromatic rings. The molecule has 0 unspecified atom stereocenters. The maximum absolute atomic E-state index is 14.0. The number of alkyl halides is 2. The number of aromatic nitrogens is 2. The van der Waals surface area contributed by atoms with Gasteiger partial charge in [0.15, 0.2) is 0 Å². The van der Waals surface area contributed by atoms with Crippen LogP contribution in [0.1, 0.15) is 47.3 Å². The van der Waals surface area contributed by atoms with Crippen LogP contribution < -0.4 is 15.4 Å². The van der Waals surface area contributed by atoms with Crippen LogP contribution in [0.2, 0.25) is 0 Å². The van der Waals surface area contributed by atoms with E-state index in [1.165, 1.54) is 35.9 Å². The fourth-order valence-electron chi connectivity index (χ4n) is 4.20. The molecule has 2 heterocycles. The lowest BCUT2D eigenvalue weighted by Crippen LogP contribution is -2.30. The molecule has 1 fully saturated rings. The lowest BCUT2D eigenvalue weighted by molar-refractivity contribution is -0.0581. The number of aryl methyl sites for hydroxylation is 1. The number of nitrogens with one attached hydrogen (secondary N) is 2. The molecule has 2 aromatic heterocycles. The van der Waals surface area contributed by atoms with Gasteiger partial charge in [-0.05, 0) is 64.5 Å². The van der Waals surface area contributed by atoms with Crippen molar-refractivity contribution in [1.29, 1.82) is 0 Å². The average Bonchev–Trinajstić information content (AvgIpc) is 3.17. The van der Waals surface area contributed by atoms with Crippen LogP contribution in [0.5, 0.6) is 5.75 Å². The Hall–Kier alpha value is -2.92. The van der Waals surface area contributed by atoms with Crippen LogP contribution in [0.3, 0.4) is 0 Å². The fourth-order valence-corrected chi connectivity index (χ4v) is 5.26. The molecule has 0 atom stereocenters. The highest BCUT2D eigenvalue weighted by Gasteiger charge is 2.36. The van der Waals surface area contributed by atoms with Gasteiger partial charge in [-0.25, -0.2) is 23.1 Å². The number of hydrogen-bond donors (Lipinski definition) is 2. The van der Waals surface area contributed by atoms with Gasteiger partial charge < -0.3 is 20.3 Å². The second kappa shape index (κ2) is 11.0. The largest absolute Gasteiger partial charge is 0.488 e. The molecule has 0 aliphatic heterocycles. The molecule has 4 rings (SSSR count). The highest BCUT2D eigenvalue weighted by atomic mass is 32.1. The van der Waals surface area contributed by atoms with Crippen molar-refractivity contribution in [2.45, 2.75) is 51.1 Å². The maximum Gasteiger partial charge on any atom is 0.261 e. The zero-order valence-corrected chi connectivity index (χ0v) is 21.4. The van der Waals surface area contributed by atoms with Gasteiger partial charge in [-0.3, -0.25) is 4.79 Å². The Morgan fingerprint density at radius 3 is 2.72 bits per heavy atom. The molecule has 0 spiro atoms. The molecule has 2 N–H and O–H groups in total. The smallest absolute Gasteiger partial charge is 0.261 e. The molecular formula is C25H30F3N5O2S. The molecule has 0 bridgehead atoms. The summed E-state index contributed by atoms with van der Waals surface area (Å²) in [7, 11) is 3.96. The summed E-state index contributed by atoms with van der Waals surface area (Å²) in [6.45, 7) is 3.27. The minimum Gasteiger partial charge on any atom is -0.488 e. The lowest BCUT2D eigenvalue weighted by atomic mass is 9.94. The van der Waals surface area contributed by atoms with Gasteiger partial charge >= 0.3 is 0 Å². The monoisotopic (exact) mass is 521 g/mol. The van der Waals surface area contributed by atoms with E-state index in [0.717, 1.165) is 18.5 Å². The number of rotatable bonds is 9. The van der Waals surface area contributed by atoms with Crippen LogP contribution in [0.15, 0.2) is 24.5 Å². The normalized spacial score (nSPS) is 15.9. The number of ether oxygens (including phenoxy) is 1. The molecule has 194 valence electrons. The van der Waals surface area contributed by atoms with E-state index >= 15 is 0 Å². The van der Waals surface area contributed by atoms with Crippen molar-refractivity contribution in [3.05, 3.63) is 40.8 Å². The molecule has 36 heavy (non-hydrogen) atoms. The number of carbonyl (C=O) groups is 1. The Kier molecular flexibility index (Phi) is 7.99. The van der Waals surface area contributed by atoms with Crippen molar-refractivity contribution in [3.8, 4) is 5.75 Å². The number of anilines is 2. The van der Waals surface area contributed by atoms with Crippen LogP contribution in [0, 0.1) is 12.7 Å². The number of amides is 1. The Balaban J connectivity index is 1.55. The summed E-state index contributed by atoms with van der Waals surface area (Å²) in [4.78, 5) is 24.7. The third kappa shape index (κ3) is 6.25. The summed E-state index contributed by atoms with van der Waals surface area (Å²) in [6, 6.07) is 4.05. The highest BCUT2D eigenvalue weighted by molar-refractivity contribution is 7.20. The zero-order valence-electron chi connectivity index (χ0n) is 20.5. The Morgan fingerprint density at radius 2 is 2.00 bits per heavy atom. The first-order chi connectivity index (χ1) is 17.1. The molecule has 11 heteroatoms. The van der Waals surface area contributed by atoms with E-state index in [1.54, 1.807) is 0 Å². The Morgan fingerprint density at radius 1 is 1.25 bits per heavy atom. The first kappa shape index (κ1) is 26.2. The number of fused-ring (bicyclic) bond motifs is 1. The quantitative estimate of drug-likeness (QED) is 0.361. The molecule has 1 saturated carbocycles. The minimum atomic E-state index is -2.68. The average molecular weight is 522 g/mol. The maximum atomic E-state index is 14.0. The van der Waals surface area contributed by atoms with E-state index in [2.05, 4.69) is 25.5 Å². The van der Waals surface area contributed by atoms with Crippen molar-refractivity contribution >= 4 is 39.0 Å². The number of thiophene rings is 1. The van der Waals surface area contributed by atoms with Crippen molar-refractivity contribution in [2.24, 2.45) is 0 Å². The number of carbonyl (C=O) groups excluding carboxylic acids is 1. The summed E-state index contributed by atoms with van der Waals surface area (Å²) < 4.78 is 47.1. The van der Waals surface area contributed by atoms with E-state index in [4.69, 9.17) is 4.74 Å². The van der Waals surface area contributed by atoms with Crippen LogP contribution in [0.25, 0.3) is 10.2 Å². The summed E-state index contributed by atoms with van der Waals surface area (Å²) in [5.41, 5.74) is 1.19. The SMILES string of the molecule is Cc1c(C(=O)NCCCN(C)C)sc2ncnc(Nc3ccc(F)cc3OC3CCC(F)(F)CC3)c12. The summed E-state index contributed by atoms with van der Waals surface area (Å²) in [5.74, 6) is -2.66. The number of halogens is 3. The van der Waals surface area contributed by atoms with E-state index in [-0.39, 0.29) is 37.3 Å². The summed E-state index contributed by atoms with van der Waals surface area (Å²) in [5, 5.41) is 6.83. The third-order valence-electron chi connectivity index (χ3n) is 6.16. The number of nitrogens with zero attached hydrogens (tertiary/aromatic N) is 3. The van der Waals surface area contributed by atoms with Crippen LogP contribution in [0.4, 0.5) is 24.7 Å². The first-order valence-corrected chi connectivity index (χ1v) is 12.7. The second-order valence-electron chi connectivity index (χ2n) is 9.31. The summed E-state index contributed by atoms with van der Waals surface area (Å²) >= 11 is 1.28. The van der Waals surface area contributed by atoms with E-state index in [0.29, 0.717) is 33.1 Å². The highest BCUT2D eigenvalue weighted by Crippen LogP contribution is 2.39. The molecule has 1 aromatic carbocycles. The van der Waals surface area contributed by atoms with Crippen molar-refractivity contribution in [1.82, 2.24) is 20.2 Å². The molecule has 0 saturated heterocycles. The molecule has 0 radical (unpaired) electrons. The van der Waals surface area contributed by atoms with Gasteiger partial charge in [0, 0.05) is 25.5 Å². The number of hydrogen-bond acceptors (Lipinski definition) is 7. The van der Waals surface area contributed by atoms with Gasteiger partial charge in [0.2, 0.25) is 5.92 Å². The first-order valence-electron chi connectivity index (χ1n) is 11.9.